The van der Waals surface area contributed by atoms with Crippen molar-refractivity contribution in [1.82, 2.24) is 25.4 Å². The van der Waals surface area contributed by atoms with E-state index in [9.17, 15) is 4.79 Å². The van der Waals surface area contributed by atoms with Crippen LogP contribution < -0.4 is 5.32 Å². The summed E-state index contributed by atoms with van der Waals surface area (Å²) >= 11 is 0. The monoisotopic (exact) mass is 310 g/mol. The second kappa shape index (κ2) is 5.31. The van der Waals surface area contributed by atoms with Crippen molar-refractivity contribution in [2.24, 2.45) is 7.05 Å². The van der Waals surface area contributed by atoms with Crippen LogP contribution in [0.25, 0.3) is 11.4 Å². The quantitative estimate of drug-likeness (QED) is 0.791. The summed E-state index contributed by atoms with van der Waals surface area (Å²) in [4.78, 5) is 12.3. The van der Waals surface area contributed by atoms with Gasteiger partial charge in [-0.15, -0.1) is 5.10 Å². The lowest BCUT2D eigenvalue weighted by molar-refractivity contribution is 0.101. The lowest BCUT2D eigenvalue weighted by Gasteiger charge is -2.05. The van der Waals surface area contributed by atoms with Gasteiger partial charge in [0.15, 0.2) is 11.5 Å². The van der Waals surface area contributed by atoms with Crippen molar-refractivity contribution in [3.8, 4) is 11.4 Å². The topological polar surface area (TPSA) is 98.7 Å². The molecule has 116 valence electrons. The third-order valence-electron chi connectivity index (χ3n) is 3.74. The van der Waals surface area contributed by atoms with Crippen LogP contribution in [0.15, 0.2) is 34.9 Å². The van der Waals surface area contributed by atoms with E-state index in [0.717, 1.165) is 24.2 Å². The van der Waals surface area contributed by atoms with Gasteiger partial charge in [-0.2, -0.15) is 0 Å². The maximum absolute atomic E-state index is 12.3. The van der Waals surface area contributed by atoms with Gasteiger partial charge >= 0.3 is 0 Å². The Hall–Kier alpha value is -3.03. The molecule has 0 aliphatic heterocycles. The van der Waals surface area contributed by atoms with Gasteiger partial charge in [0.1, 0.15) is 5.76 Å². The molecule has 0 unspecified atom stereocenters. The number of anilines is 1. The van der Waals surface area contributed by atoms with Gasteiger partial charge in [-0.25, -0.2) is 4.68 Å². The highest BCUT2D eigenvalue weighted by molar-refractivity contribution is 6.03. The second-order valence-electron chi connectivity index (χ2n) is 5.55. The Morgan fingerprint density at radius 2 is 2.22 bits per heavy atom. The fourth-order valence-corrected chi connectivity index (χ4v) is 2.36. The van der Waals surface area contributed by atoms with Crippen LogP contribution in [0.2, 0.25) is 0 Å². The van der Waals surface area contributed by atoms with Crippen LogP contribution in [-0.4, -0.2) is 31.3 Å². The molecule has 8 heteroatoms. The number of carbonyl (C=O) groups excluding carboxylic acids is 1. The largest absolute Gasteiger partial charge is 0.360 e. The van der Waals surface area contributed by atoms with E-state index in [-0.39, 0.29) is 11.6 Å². The summed E-state index contributed by atoms with van der Waals surface area (Å²) in [6.45, 7) is 0. The first-order chi connectivity index (χ1) is 11.2. The van der Waals surface area contributed by atoms with E-state index in [0.29, 0.717) is 17.4 Å². The molecule has 1 aliphatic rings. The van der Waals surface area contributed by atoms with Crippen LogP contribution >= 0.6 is 0 Å². The number of benzene rings is 1. The smallest absolute Gasteiger partial charge is 0.277 e. The Labute approximate surface area is 131 Å². The minimum Gasteiger partial charge on any atom is -0.360 e. The molecule has 1 N–H and O–H groups in total. The number of nitrogens with zero attached hydrogens (tertiary/aromatic N) is 5. The molecule has 0 spiro atoms. The number of hydrogen-bond acceptors (Lipinski definition) is 6. The molecular formula is C15H14N6O2. The van der Waals surface area contributed by atoms with E-state index in [1.165, 1.54) is 0 Å². The number of tetrazole rings is 1. The van der Waals surface area contributed by atoms with Gasteiger partial charge in [-0.05, 0) is 35.4 Å². The average Bonchev–Trinajstić information content (AvgIpc) is 3.11. The highest BCUT2D eigenvalue weighted by atomic mass is 16.5. The van der Waals surface area contributed by atoms with Crippen LogP contribution in [-0.2, 0) is 7.05 Å². The molecule has 1 saturated carbocycles. The summed E-state index contributed by atoms with van der Waals surface area (Å²) < 4.78 is 6.77. The Morgan fingerprint density at radius 3 is 2.96 bits per heavy atom. The molecule has 8 nitrogen and oxygen atoms in total. The molecular weight excluding hydrogens is 296 g/mol. The zero-order valence-corrected chi connectivity index (χ0v) is 12.4. The molecule has 1 fully saturated rings. The van der Waals surface area contributed by atoms with Gasteiger partial charge in [-0.1, -0.05) is 17.3 Å². The number of carbonyl (C=O) groups is 1. The molecule has 2 aromatic heterocycles. The van der Waals surface area contributed by atoms with E-state index in [1.54, 1.807) is 23.9 Å². The van der Waals surface area contributed by atoms with Crippen molar-refractivity contribution in [3.63, 3.8) is 0 Å². The SMILES string of the molecule is Cn1nnnc1-c1cccc(NC(=O)c2cc(C3CC3)on2)c1. The summed E-state index contributed by atoms with van der Waals surface area (Å²) in [5.74, 6) is 1.54. The van der Waals surface area contributed by atoms with Crippen molar-refractivity contribution in [2.45, 2.75) is 18.8 Å². The van der Waals surface area contributed by atoms with E-state index in [4.69, 9.17) is 4.52 Å². The van der Waals surface area contributed by atoms with Crippen LogP contribution in [0.5, 0.6) is 0 Å². The van der Waals surface area contributed by atoms with E-state index in [1.807, 2.05) is 18.2 Å². The number of rotatable bonds is 4. The van der Waals surface area contributed by atoms with Crippen molar-refractivity contribution >= 4 is 11.6 Å². The van der Waals surface area contributed by atoms with Gasteiger partial charge in [0.2, 0.25) is 0 Å². The first-order valence-corrected chi connectivity index (χ1v) is 7.31. The van der Waals surface area contributed by atoms with Gasteiger partial charge < -0.3 is 9.84 Å². The zero-order chi connectivity index (χ0) is 15.8. The fourth-order valence-electron chi connectivity index (χ4n) is 2.36. The highest BCUT2D eigenvalue weighted by Crippen LogP contribution is 2.40. The van der Waals surface area contributed by atoms with Gasteiger partial charge in [-0.3, -0.25) is 4.79 Å². The Kier molecular flexibility index (Phi) is 3.14. The van der Waals surface area contributed by atoms with E-state index in [2.05, 4.69) is 26.0 Å². The first kappa shape index (κ1) is 13.6. The molecule has 0 bridgehead atoms. The predicted molar refractivity (Wildman–Crippen MR) is 80.7 cm³/mol. The minimum absolute atomic E-state index is 0.289. The standard InChI is InChI=1S/C15H14N6O2/c1-21-14(17-19-20-21)10-3-2-4-11(7-10)16-15(22)12-8-13(23-18-12)9-5-6-9/h2-4,7-9H,5-6H2,1H3,(H,16,22). The van der Waals surface area contributed by atoms with Gasteiger partial charge in [0.25, 0.3) is 5.91 Å². The Balaban J connectivity index is 1.54. The molecule has 3 aromatic rings. The maximum Gasteiger partial charge on any atom is 0.277 e. The molecule has 1 aromatic carbocycles. The predicted octanol–water partition coefficient (Wildman–Crippen LogP) is 1.99. The zero-order valence-electron chi connectivity index (χ0n) is 12.4. The van der Waals surface area contributed by atoms with Crippen LogP contribution in [0, 0.1) is 0 Å². The molecule has 1 amide bonds. The highest BCUT2D eigenvalue weighted by Gasteiger charge is 2.28. The van der Waals surface area contributed by atoms with Crippen molar-refractivity contribution in [2.75, 3.05) is 5.32 Å². The van der Waals surface area contributed by atoms with Crippen molar-refractivity contribution < 1.29 is 9.32 Å². The molecule has 1 aliphatic carbocycles. The average molecular weight is 310 g/mol. The summed E-state index contributed by atoms with van der Waals surface area (Å²) in [6.07, 6.45) is 2.20. The van der Waals surface area contributed by atoms with Crippen molar-refractivity contribution in [3.05, 3.63) is 41.8 Å². The number of amides is 1. The summed E-state index contributed by atoms with van der Waals surface area (Å²) in [5, 5.41) is 18.0. The molecule has 0 radical (unpaired) electrons. The third kappa shape index (κ3) is 2.70. The third-order valence-corrected chi connectivity index (χ3v) is 3.74. The molecule has 0 atom stereocenters. The van der Waals surface area contributed by atoms with Crippen LogP contribution in [0.4, 0.5) is 5.69 Å². The lowest BCUT2D eigenvalue weighted by Crippen LogP contribution is -2.12. The number of hydrogen-bond donors (Lipinski definition) is 1. The molecule has 2 heterocycles. The van der Waals surface area contributed by atoms with Gasteiger partial charge in [0.05, 0.1) is 0 Å². The Morgan fingerprint density at radius 1 is 1.35 bits per heavy atom. The van der Waals surface area contributed by atoms with Crippen molar-refractivity contribution in [1.29, 1.82) is 0 Å². The summed E-state index contributed by atoms with van der Waals surface area (Å²) in [6, 6.07) is 9.03. The van der Waals surface area contributed by atoms with Gasteiger partial charge in [0, 0.05) is 30.3 Å². The van der Waals surface area contributed by atoms with Crippen LogP contribution in [0.3, 0.4) is 0 Å². The molecule has 23 heavy (non-hydrogen) atoms. The number of aromatic nitrogens is 5. The van der Waals surface area contributed by atoms with E-state index < -0.39 is 0 Å². The minimum atomic E-state index is -0.297. The fraction of sp³-hybridized carbons (Fsp3) is 0.267. The normalized spacial score (nSPS) is 14.0. The summed E-state index contributed by atoms with van der Waals surface area (Å²) in [7, 11) is 1.76. The maximum atomic E-state index is 12.3. The van der Waals surface area contributed by atoms with E-state index >= 15 is 0 Å². The second-order valence-corrected chi connectivity index (χ2v) is 5.55. The molecule has 4 rings (SSSR count). The number of aryl methyl sites for hydroxylation is 1. The number of nitrogens with one attached hydrogen (secondary N) is 1. The molecule has 0 saturated heterocycles. The van der Waals surface area contributed by atoms with Crippen LogP contribution in [0.1, 0.15) is 35.0 Å². The lowest BCUT2D eigenvalue weighted by atomic mass is 10.2. The summed E-state index contributed by atoms with van der Waals surface area (Å²) in [5.41, 5.74) is 1.75. The Bertz CT molecular complexity index is 864. The first-order valence-electron chi connectivity index (χ1n) is 7.31.